The van der Waals surface area contributed by atoms with Gasteiger partial charge in [0.15, 0.2) is 0 Å². The number of halogens is 1. The maximum absolute atomic E-state index is 9.43. The zero-order chi connectivity index (χ0) is 13.4. The third-order valence-corrected chi connectivity index (χ3v) is 2.95. The lowest BCUT2D eigenvalue weighted by atomic mass is 10.2. The van der Waals surface area contributed by atoms with Gasteiger partial charge in [0.2, 0.25) is 0 Å². The molecule has 4 heteroatoms. The number of aliphatic hydroxyl groups is 1. The highest BCUT2D eigenvalue weighted by Crippen LogP contribution is 2.25. The van der Waals surface area contributed by atoms with Crippen LogP contribution >= 0.6 is 11.6 Å². The molecule has 0 aliphatic carbocycles. The van der Waals surface area contributed by atoms with Crippen molar-refractivity contribution in [2.75, 3.05) is 13.2 Å². The molecule has 0 spiro atoms. The van der Waals surface area contributed by atoms with Gasteiger partial charge in [0.25, 0.3) is 0 Å². The molecule has 0 amide bonds. The van der Waals surface area contributed by atoms with Crippen molar-refractivity contribution < 1.29 is 9.84 Å². The number of nitrogens with one attached hydrogen (secondary N) is 1. The molecular formula is C14H22ClNO2. The average Bonchev–Trinajstić information content (AvgIpc) is 2.37. The molecule has 0 radical (unpaired) electrons. The molecule has 1 aromatic carbocycles. The van der Waals surface area contributed by atoms with E-state index >= 15 is 0 Å². The van der Waals surface area contributed by atoms with Crippen LogP contribution in [0.3, 0.4) is 0 Å². The lowest BCUT2D eigenvalue weighted by Gasteiger charge is -2.12. The Morgan fingerprint density at radius 3 is 2.78 bits per heavy atom. The molecule has 0 saturated heterocycles. The van der Waals surface area contributed by atoms with Crippen LogP contribution in [-0.4, -0.2) is 24.4 Å². The molecule has 0 fully saturated rings. The van der Waals surface area contributed by atoms with E-state index < -0.39 is 6.10 Å². The smallest absolute Gasteiger partial charge is 0.138 e. The van der Waals surface area contributed by atoms with E-state index in [4.69, 9.17) is 16.3 Å². The van der Waals surface area contributed by atoms with Crippen molar-refractivity contribution in [3.63, 3.8) is 0 Å². The summed E-state index contributed by atoms with van der Waals surface area (Å²) in [6.45, 7) is 6.14. The maximum atomic E-state index is 9.43. The van der Waals surface area contributed by atoms with E-state index in [0.717, 1.165) is 25.1 Å². The fraction of sp³-hybridized carbons (Fsp3) is 0.571. The number of aliphatic hydroxyl groups excluding tert-OH is 1. The first-order valence-electron chi connectivity index (χ1n) is 6.47. The van der Waals surface area contributed by atoms with Crippen LogP contribution in [0, 0.1) is 0 Å². The lowest BCUT2D eigenvalue weighted by Crippen LogP contribution is -2.16. The highest BCUT2D eigenvalue weighted by Gasteiger charge is 2.06. The van der Waals surface area contributed by atoms with Gasteiger partial charge >= 0.3 is 0 Å². The molecule has 102 valence electrons. The minimum atomic E-state index is -0.438. The Hall–Kier alpha value is -0.770. The number of ether oxygens (including phenoxy) is 1. The van der Waals surface area contributed by atoms with Crippen LogP contribution in [0.1, 0.15) is 32.3 Å². The van der Waals surface area contributed by atoms with Crippen molar-refractivity contribution in [2.24, 2.45) is 0 Å². The first-order chi connectivity index (χ1) is 8.67. The molecule has 0 aliphatic rings. The second-order valence-electron chi connectivity index (χ2n) is 4.31. The van der Waals surface area contributed by atoms with E-state index in [1.165, 1.54) is 0 Å². The Bertz CT molecular complexity index is 358. The average molecular weight is 272 g/mol. The Kier molecular flexibility index (Phi) is 7.09. The fourth-order valence-corrected chi connectivity index (χ4v) is 1.74. The summed E-state index contributed by atoms with van der Waals surface area (Å²) in [6.07, 6.45) is 1.35. The van der Waals surface area contributed by atoms with Crippen molar-refractivity contribution >= 4 is 11.6 Å². The van der Waals surface area contributed by atoms with Gasteiger partial charge in [-0.2, -0.15) is 0 Å². The molecule has 1 aromatic rings. The number of hydrogen-bond acceptors (Lipinski definition) is 3. The molecule has 0 heterocycles. The van der Waals surface area contributed by atoms with Crippen molar-refractivity contribution in [3.05, 3.63) is 28.8 Å². The van der Waals surface area contributed by atoms with Gasteiger partial charge in [-0.1, -0.05) is 31.5 Å². The molecule has 0 aromatic heterocycles. The summed E-state index contributed by atoms with van der Waals surface area (Å²) in [6, 6.07) is 5.74. The predicted octanol–water partition coefficient (Wildman–Crippen LogP) is 2.99. The number of hydrogen-bond donors (Lipinski definition) is 2. The highest BCUT2D eigenvalue weighted by molar-refractivity contribution is 6.32. The molecular weight excluding hydrogens is 250 g/mol. The first kappa shape index (κ1) is 15.3. The SMILES string of the molecule is CCCNCc1ccc(OCC(O)CC)c(Cl)c1. The van der Waals surface area contributed by atoms with Gasteiger partial charge in [0.05, 0.1) is 11.1 Å². The number of rotatable bonds is 8. The van der Waals surface area contributed by atoms with Crippen LogP contribution in [0.4, 0.5) is 0 Å². The minimum absolute atomic E-state index is 0.281. The van der Waals surface area contributed by atoms with E-state index in [1.807, 2.05) is 25.1 Å². The van der Waals surface area contributed by atoms with Gasteiger partial charge in [-0.25, -0.2) is 0 Å². The largest absolute Gasteiger partial charge is 0.489 e. The number of benzene rings is 1. The maximum Gasteiger partial charge on any atom is 0.138 e. The first-order valence-corrected chi connectivity index (χ1v) is 6.85. The van der Waals surface area contributed by atoms with Crippen molar-refractivity contribution in [3.8, 4) is 5.75 Å². The Balaban J connectivity index is 2.51. The quantitative estimate of drug-likeness (QED) is 0.714. The minimum Gasteiger partial charge on any atom is -0.489 e. The zero-order valence-corrected chi connectivity index (χ0v) is 11.8. The molecule has 3 nitrogen and oxygen atoms in total. The van der Waals surface area contributed by atoms with Gasteiger partial charge in [0.1, 0.15) is 12.4 Å². The summed E-state index contributed by atoms with van der Waals surface area (Å²) in [5, 5.41) is 13.3. The zero-order valence-electron chi connectivity index (χ0n) is 11.1. The third-order valence-electron chi connectivity index (χ3n) is 2.65. The van der Waals surface area contributed by atoms with Gasteiger partial charge in [-0.05, 0) is 37.1 Å². The molecule has 1 rings (SSSR count). The van der Waals surface area contributed by atoms with Crippen LogP contribution < -0.4 is 10.1 Å². The van der Waals surface area contributed by atoms with Crippen molar-refractivity contribution in [2.45, 2.75) is 39.3 Å². The summed E-state index contributed by atoms with van der Waals surface area (Å²) in [7, 11) is 0. The molecule has 1 unspecified atom stereocenters. The summed E-state index contributed by atoms with van der Waals surface area (Å²) < 4.78 is 5.47. The van der Waals surface area contributed by atoms with Gasteiger partial charge in [-0.3, -0.25) is 0 Å². The standard InChI is InChI=1S/C14H22ClNO2/c1-3-7-16-9-11-5-6-14(13(15)8-11)18-10-12(17)4-2/h5-6,8,12,16-17H,3-4,7,9-10H2,1-2H3. The van der Waals surface area contributed by atoms with E-state index in [-0.39, 0.29) is 6.61 Å². The van der Waals surface area contributed by atoms with Crippen molar-refractivity contribution in [1.82, 2.24) is 5.32 Å². The molecule has 2 N–H and O–H groups in total. The summed E-state index contributed by atoms with van der Waals surface area (Å²) in [4.78, 5) is 0. The third kappa shape index (κ3) is 5.25. The monoisotopic (exact) mass is 271 g/mol. The van der Waals surface area contributed by atoms with Crippen LogP contribution in [0.15, 0.2) is 18.2 Å². The van der Waals surface area contributed by atoms with E-state index in [9.17, 15) is 5.11 Å². The Morgan fingerprint density at radius 2 is 2.17 bits per heavy atom. The highest BCUT2D eigenvalue weighted by atomic mass is 35.5. The van der Waals surface area contributed by atoms with Gasteiger partial charge in [-0.15, -0.1) is 0 Å². The summed E-state index contributed by atoms with van der Waals surface area (Å²) >= 11 is 6.13. The molecule has 18 heavy (non-hydrogen) atoms. The van der Waals surface area contributed by atoms with Crippen LogP contribution in [0.25, 0.3) is 0 Å². The van der Waals surface area contributed by atoms with Crippen molar-refractivity contribution in [1.29, 1.82) is 0 Å². The van der Waals surface area contributed by atoms with Crippen LogP contribution in [-0.2, 0) is 6.54 Å². The second-order valence-corrected chi connectivity index (χ2v) is 4.72. The summed E-state index contributed by atoms with van der Waals surface area (Å²) in [5.74, 6) is 0.628. The fourth-order valence-electron chi connectivity index (χ4n) is 1.48. The molecule has 0 bridgehead atoms. The normalized spacial score (nSPS) is 12.4. The predicted molar refractivity (Wildman–Crippen MR) is 75.2 cm³/mol. The summed E-state index contributed by atoms with van der Waals surface area (Å²) in [5.41, 5.74) is 1.14. The lowest BCUT2D eigenvalue weighted by molar-refractivity contribution is 0.104. The molecule has 0 aliphatic heterocycles. The van der Waals surface area contributed by atoms with E-state index in [2.05, 4.69) is 12.2 Å². The van der Waals surface area contributed by atoms with Gasteiger partial charge in [0, 0.05) is 6.54 Å². The van der Waals surface area contributed by atoms with E-state index in [1.54, 1.807) is 0 Å². The second kappa shape index (κ2) is 8.35. The molecule has 0 saturated carbocycles. The topological polar surface area (TPSA) is 41.5 Å². The van der Waals surface area contributed by atoms with Crippen LogP contribution in [0.2, 0.25) is 5.02 Å². The van der Waals surface area contributed by atoms with Crippen LogP contribution in [0.5, 0.6) is 5.75 Å². The Labute approximate surface area is 114 Å². The molecule has 1 atom stereocenters. The Morgan fingerprint density at radius 1 is 1.39 bits per heavy atom. The van der Waals surface area contributed by atoms with Gasteiger partial charge < -0.3 is 15.2 Å². The van der Waals surface area contributed by atoms with E-state index in [0.29, 0.717) is 17.2 Å².